The molecule has 1 N–H and O–H groups in total. The Hall–Kier alpha value is -6.18. The van der Waals surface area contributed by atoms with Crippen molar-refractivity contribution in [2.24, 2.45) is 0 Å². The molecule has 0 aliphatic carbocycles. The van der Waals surface area contributed by atoms with Gasteiger partial charge < -0.3 is 15.1 Å². The number of hydrogen-bond donors (Lipinski definition) is 1. The van der Waals surface area contributed by atoms with Gasteiger partial charge in [-0.2, -0.15) is 0 Å². The molecule has 4 aromatic carbocycles. The van der Waals surface area contributed by atoms with E-state index >= 15 is 0 Å². The number of carboxylic acids is 1. The third-order valence-corrected chi connectivity index (χ3v) is 8.86. The van der Waals surface area contributed by atoms with Crippen LogP contribution in [0.15, 0.2) is 146 Å². The van der Waals surface area contributed by atoms with E-state index in [1.54, 1.807) is 0 Å². The summed E-state index contributed by atoms with van der Waals surface area (Å²) in [7, 11) is 0. The first kappa shape index (κ1) is 35.2. The predicted octanol–water partition coefficient (Wildman–Crippen LogP) is 10.3. The minimum atomic E-state index is -0.833. The minimum absolute atomic E-state index is 0. The molecule has 9 rings (SSSR count). The summed E-state index contributed by atoms with van der Waals surface area (Å²) in [5.74, 6) is -0.833. The van der Waals surface area contributed by atoms with Gasteiger partial charge in [-0.25, -0.2) is 9.97 Å². The Morgan fingerprint density at radius 1 is 0.415 bits per heavy atom. The van der Waals surface area contributed by atoms with Crippen molar-refractivity contribution in [2.45, 2.75) is 6.92 Å². The molecule has 2 aliphatic rings. The van der Waals surface area contributed by atoms with Crippen LogP contribution in [0.2, 0.25) is 0 Å². The van der Waals surface area contributed by atoms with Gasteiger partial charge in [0, 0.05) is 32.8 Å². The van der Waals surface area contributed by atoms with E-state index in [4.69, 9.17) is 29.8 Å². The monoisotopic (exact) mass is 787 g/mol. The average molecular weight is 788 g/mol. The quantitative estimate of drug-likeness (QED) is 0.191. The van der Waals surface area contributed by atoms with Crippen molar-refractivity contribution in [3.8, 4) is 44.5 Å². The summed E-state index contributed by atoms with van der Waals surface area (Å²) >= 11 is 0. The third-order valence-electron chi connectivity index (χ3n) is 8.86. The summed E-state index contributed by atoms with van der Waals surface area (Å²) < 4.78 is 0. The van der Waals surface area contributed by atoms with E-state index in [-0.39, 0.29) is 25.8 Å². The van der Waals surface area contributed by atoms with Crippen molar-refractivity contribution in [1.29, 1.82) is 0 Å². The SMILES string of the molecule is C1=Cc2nc1c(-c1ccccc1)c1ccc([n-]1)c(-c1ccccc1)c1nc(c(-c3ccccc3)c3ccc([n-]3)c2-c2ccccc2)C=C1.CC(=O)O.[In]. The number of carbonyl (C=O) groups is 1. The summed E-state index contributed by atoms with van der Waals surface area (Å²) in [6.45, 7) is 1.08. The number of nitrogens with zero attached hydrogens (tertiary/aromatic N) is 4. The molecule has 2 aliphatic heterocycles. The smallest absolute Gasteiger partial charge is 0.300 e. The van der Waals surface area contributed by atoms with E-state index in [1.807, 2.05) is 24.3 Å². The first-order valence-electron chi connectivity index (χ1n) is 17.0. The fourth-order valence-corrected chi connectivity index (χ4v) is 6.69. The number of carboxylic acid groups (broad SMARTS) is 1. The summed E-state index contributed by atoms with van der Waals surface area (Å²) in [5.41, 5.74) is 15.0. The van der Waals surface area contributed by atoms with E-state index in [9.17, 15) is 0 Å². The van der Waals surface area contributed by atoms with Gasteiger partial charge in [0.05, 0.1) is 22.8 Å². The molecule has 0 amide bonds. The second-order valence-electron chi connectivity index (χ2n) is 12.3. The number of benzene rings is 4. The molecule has 5 heterocycles. The Balaban J connectivity index is 0.000000831. The maximum atomic E-state index is 9.00. The van der Waals surface area contributed by atoms with E-state index in [0.717, 1.165) is 96.3 Å². The van der Waals surface area contributed by atoms with Gasteiger partial charge in [0.2, 0.25) is 0 Å². The third kappa shape index (κ3) is 7.30. The van der Waals surface area contributed by atoms with Gasteiger partial charge >= 0.3 is 0 Å². The molecule has 7 aromatic rings. The standard InChI is InChI=1S/C44H28N4.C2H4O2.In/c1-5-13-29(14-6-1)41-33-21-23-35(45-33)42(30-15-7-2-8-16-30)37-25-27-39(47-37)44(32-19-11-4-12-20-32)40-28-26-38(48-40)43(31-17-9-3-10-18-31)36-24-22-34(41)46-36;1-2(3)4;/h1-28H;1H3,(H,3,4);/q-2;;. The van der Waals surface area contributed by atoms with Gasteiger partial charge in [-0.15, -0.1) is 22.1 Å². The van der Waals surface area contributed by atoms with Crippen molar-refractivity contribution in [3.63, 3.8) is 0 Å². The van der Waals surface area contributed by atoms with Crippen LogP contribution in [-0.4, -0.2) is 46.9 Å². The maximum Gasteiger partial charge on any atom is 0.300 e. The van der Waals surface area contributed by atoms with Crippen molar-refractivity contribution in [3.05, 3.63) is 168 Å². The van der Waals surface area contributed by atoms with Gasteiger partial charge in [0.25, 0.3) is 5.97 Å². The summed E-state index contributed by atoms with van der Waals surface area (Å²) in [6, 6.07) is 50.0. The van der Waals surface area contributed by atoms with E-state index < -0.39 is 5.97 Å². The maximum absolute atomic E-state index is 9.00. The van der Waals surface area contributed by atoms with Gasteiger partial charge in [-0.3, -0.25) is 4.79 Å². The second kappa shape index (κ2) is 15.6. The molecule has 253 valence electrons. The van der Waals surface area contributed by atoms with Crippen LogP contribution in [0.3, 0.4) is 0 Å². The molecule has 0 unspecified atom stereocenters. The molecule has 7 heteroatoms. The zero-order valence-corrected chi connectivity index (χ0v) is 32.2. The van der Waals surface area contributed by atoms with Crippen molar-refractivity contribution < 1.29 is 9.90 Å². The fraction of sp³-hybridized carbons (Fsp3) is 0.0217. The Bertz CT molecular complexity index is 2290. The molecule has 8 bridgehead atoms. The van der Waals surface area contributed by atoms with Crippen LogP contribution in [0.1, 0.15) is 29.7 Å². The zero-order valence-electron chi connectivity index (χ0n) is 28.9. The van der Waals surface area contributed by atoms with Crippen molar-refractivity contribution >= 4 is 78.2 Å². The number of aromatic nitrogens is 4. The molecular formula is C46H32InN4O2-2. The molecule has 0 atom stereocenters. The molecule has 6 nitrogen and oxygen atoms in total. The molecule has 3 aromatic heterocycles. The van der Waals surface area contributed by atoms with E-state index in [2.05, 4.69) is 146 Å². The summed E-state index contributed by atoms with van der Waals surface area (Å²) in [6.07, 6.45) is 8.41. The Labute approximate surface area is 326 Å². The normalized spacial score (nSPS) is 11.3. The number of aliphatic carboxylic acids is 1. The minimum Gasteiger partial charge on any atom is -0.657 e. The average Bonchev–Trinajstić information content (AvgIpc) is 4.01. The first-order valence-corrected chi connectivity index (χ1v) is 17.0. The van der Waals surface area contributed by atoms with E-state index in [0.29, 0.717) is 0 Å². The number of hydrogen-bond acceptors (Lipinski definition) is 3. The van der Waals surface area contributed by atoms with Gasteiger partial charge in [0.1, 0.15) is 0 Å². The van der Waals surface area contributed by atoms with Gasteiger partial charge in [-0.05, 0) is 68.8 Å². The Morgan fingerprint density at radius 3 is 0.830 bits per heavy atom. The van der Waals surface area contributed by atoms with Crippen LogP contribution in [0, 0.1) is 0 Å². The largest absolute Gasteiger partial charge is 0.657 e. The van der Waals surface area contributed by atoms with Crippen LogP contribution in [0.25, 0.3) is 90.9 Å². The zero-order chi connectivity index (χ0) is 35.4. The first-order chi connectivity index (χ1) is 25.5. The summed E-state index contributed by atoms with van der Waals surface area (Å²) in [5, 5.41) is 7.42. The molecule has 0 saturated carbocycles. The molecule has 3 radical (unpaired) electrons. The molecular weight excluding hydrogens is 755 g/mol. The van der Waals surface area contributed by atoms with Crippen LogP contribution >= 0.6 is 0 Å². The Kier molecular flexibility index (Phi) is 10.4. The molecule has 53 heavy (non-hydrogen) atoms. The predicted molar refractivity (Wildman–Crippen MR) is 218 cm³/mol. The number of fused-ring (bicyclic) bond motifs is 8. The van der Waals surface area contributed by atoms with Gasteiger partial charge in [0.15, 0.2) is 0 Å². The van der Waals surface area contributed by atoms with Crippen LogP contribution < -0.4 is 9.97 Å². The summed E-state index contributed by atoms with van der Waals surface area (Å²) in [4.78, 5) is 30.2. The van der Waals surface area contributed by atoms with Crippen molar-refractivity contribution in [2.75, 3.05) is 0 Å². The van der Waals surface area contributed by atoms with Crippen LogP contribution in [0.5, 0.6) is 0 Å². The van der Waals surface area contributed by atoms with Crippen LogP contribution in [0.4, 0.5) is 0 Å². The molecule has 0 saturated heterocycles. The van der Waals surface area contributed by atoms with Gasteiger partial charge in [-0.1, -0.05) is 146 Å². The fourth-order valence-electron chi connectivity index (χ4n) is 6.69. The van der Waals surface area contributed by atoms with Crippen LogP contribution in [-0.2, 0) is 4.79 Å². The Morgan fingerprint density at radius 2 is 0.623 bits per heavy atom. The number of rotatable bonds is 4. The van der Waals surface area contributed by atoms with Crippen molar-refractivity contribution in [1.82, 2.24) is 19.9 Å². The molecule has 0 fully saturated rings. The second-order valence-corrected chi connectivity index (χ2v) is 12.3. The topological polar surface area (TPSA) is 91.3 Å². The molecule has 0 spiro atoms. The van der Waals surface area contributed by atoms with E-state index in [1.165, 1.54) is 0 Å².